The van der Waals surface area contributed by atoms with Crippen molar-refractivity contribution >= 4 is 23.4 Å². The summed E-state index contributed by atoms with van der Waals surface area (Å²) in [5.74, 6) is -0.800. The largest absolute Gasteiger partial charge is 0.495 e. The fraction of sp³-hybridized carbons (Fsp3) is 0.286. The fourth-order valence-electron chi connectivity index (χ4n) is 4.55. The molecule has 37 heavy (non-hydrogen) atoms. The molecule has 0 aliphatic carbocycles. The molecule has 0 spiro atoms. The normalized spacial score (nSPS) is 15.6. The van der Waals surface area contributed by atoms with E-state index in [-0.39, 0.29) is 23.7 Å². The van der Waals surface area contributed by atoms with Gasteiger partial charge in [-0.05, 0) is 54.7 Å². The van der Waals surface area contributed by atoms with Gasteiger partial charge in [-0.1, -0.05) is 23.7 Å². The summed E-state index contributed by atoms with van der Waals surface area (Å²) in [5, 5.41) is 19.1. The van der Waals surface area contributed by atoms with Crippen LogP contribution < -0.4 is 10.3 Å². The monoisotopic (exact) mass is 520 g/mol. The lowest BCUT2D eigenvalue weighted by Crippen LogP contribution is -2.32. The number of pyridine rings is 1. The molecule has 3 aromatic rings. The predicted molar refractivity (Wildman–Crippen MR) is 137 cm³/mol. The Hall–Kier alpha value is -3.93. The molecule has 1 saturated heterocycles. The van der Waals surface area contributed by atoms with Gasteiger partial charge in [-0.25, -0.2) is 4.79 Å². The second-order valence-electron chi connectivity index (χ2n) is 8.93. The van der Waals surface area contributed by atoms with Crippen molar-refractivity contribution in [3.8, 4) is 22.9 Å². The minimum Gasteiger partial charge on any atom is -0.495 e. The molecule has 9 heteroatoms. The van der Waals surface area contributed by atoms with Crippen molar-refractivity contribution in [2.75, 3.05) is 20.3 Å². The lowest BCUT2D eigenvalue weighted by molar-refractivity contribution is -0.122. The topological polar surface area (TPSA) is 119 Å². The minimum atomic E-state index is -1.05. The average molecular weight is 521 g/mol. The molecule has 1 aliphatic heterocycles. The van der Waals surface area contributed by atoms with Crippen LogP contribution >= 0.6 is 11.6 Å². The zero-order valence-electron chi connectivity index (χ0n) is 20.1. The van der Waals surface area contributed by atoms with Crippen LogP contribution in [0.25, 0.3) is 11.1 Å². The smallest absolute Gasteiger partial charge is 0.335 e. The molecular formula is C28H25ClN2O6. The zero-order chi connectivity index (χ0) is 26.5. The summed E-state index contributed by atoms with van der Waals surface area (Å²) in [6.45, 7) is 1.11. The van der Waals surface area contributed by atoms with E-state index in [4.69, 9.17) is 26.2 Å². The number of aromatic carboxylic acids is 1. The average Bonchev–Trinajstić information content (AvgIpc) is 3.41. The Morgan fingerprint density at radius 2 is 1.97 bits per heavy atom. The van der Waals surface area contributed by atoms with Crippen LogP contribution in [0.4, 0.5) is 0 Å². The number of Topliss-reactive ketones (excluding diaryl/α,β-unsaturated/α-hetero) is 1. The first kappa shape index (κ1) is 26.1. The van der Waals surface area contributed by atoms with Crippen LogP contribution in [0.3, 0.4) is 0 Å². The van der Waals surface area contributed by atoms with E-state index in [0.717, 1.165) is 6.42 Å². The summed E-state index contributed by atoms with van der Waals surface area (Å²) in [4.78, 5) is 38.1. The quantitative estimate of drug-likeness (QED) is 0.440. The molecule has 0 bridgehead atoms. The molecular weight excluding hydrogens is 496 g/mol. The standard InChI is InChI=1S/C28H25ClN2O6/c1-36-26-15-31(27(33)13-23(26)22-12-21(29)7-6-20(22)14-30)24(10-18-8-9-37-16-18)25(32)11-17-2-4-19(5-3-17)28(34)35/h2-7,12-13,15,18,24H,8-11,16H2,1H3,(H,34,35). The van der Waals surface area contributed by atoms with Gasteiger partial charge in [0.2, 0.25) is 0 Å². The molecule has 0 radical (unpaired) electrons. The summed E-state index contributed by atoms with van der Waals surface area (Å²) in [5.41, 5.74) is 1.56. The molecule has 1 aliphatic rings. The number of ether oxygens (including phenoxy) is 2. The van der Waals surface area contributed by atoms with Gasteiger partial charge in [-0.3, -0.25) is 9.59 Å². The number of rotatable bonds is 9. The van der Waals surface area contributed by atoms with Gasteiger partial charge in [0.15, 0.2) is 5.78 Å². The molecule has 8 nitrogen and oxygen atoms in total. The Balaban J connectivity index is 1.73. The number of carboxylic acids is 1. The fourth-order valence-corrected chi connectivity index (χ4v) is 4.72. The van der Waals surface area contributed by atoms with E-state index in [2.05, 4.69) is 6.07 Å². The highest BCUT2D eigenvalue weighted by Crippen LogP contribution is 2.34. The maximum atomic E-state index is 13.6. The van der Waals surface area contributed by atoms with Crippen LogP contribution in [0.5, 0.6) is 5.75 Å². The summed E-state index contributed by atoms with van der Waals surface area (Å²) < 4.78 is 12.5. The lowest BCUT2D eigenvalue weighted by atomic mass is 9.92. The number of ketones is 1. The Morgan fingerprint density at radius 3 is 2.59 bits per heavy atom. The number of nitriles is 1. The van der Waals surface area contributed by atoms with Gasteiger partial charge in [-0.2, -0.15) is 5.26 Å². The predicted octanol–water partition coefficient (Wildman–Crippen LogP) is 4.53. The Morgan fingerprint density at radius 1 is 1.22 bits per heavy atom. The number of hydrogen-bond acceptors (Lipinski definition) is 6. The van der Waals surface area contributed by atoms with Gasteiger partial charge in [0.05, 0.1) is 36.5 Å². The van der Waals surface area contributed by atoms with Crippen LogP contribution in [0.1, 0.15) is 40.4 Å². The van der Waals surface area contributed by atoms with E-state index in [1.54, 1.807) is 30.3 Å². The Kier molecular flexibility index (Phi) is 8.07. The summed E-state index contributed by atoms with van der Waals surface area (Å²) in [6, 6.07) is 13.6. The minimum absolute atomic E-state index is 0.0293. The highest BCUT2D eigenvalue weighted by molar-refractivity contribution is 6.31. The third-order valence-electron chi connectivity index (χ3n) is 6.52. The molecule has 0 amide bonds. The molecule has 190 valence electrons. The number of nitrogens with zero attached hydrogens (tertiary/aromatic N) is 2. The number of aromatic nitrogens is 1. The van der Waals surface area contributed by atoms with E-state index >= 15 is 0 Å². The third kappa shape index (κ3) is 5.91. The van der Waals surface area contributed by atoms with E-state index < -0.39 is 17.6 Å². The number of carbonyl (C=O) groups is 2. The summed E-state index contributed by atoms with van der Waals surface area (Å²) >= 11 is 6.16. The van der Waals surface area contributed by atoms with Crippen molar-refractivity contribution in [2.24, 2.45) is 5.92 Å². The highest BCUT2D eigenvalue weighted by atomic mass is 35.5. The maximum absolute atomic E-state index is 13.6. The van der Waals surface area contributed by atoms with Crippen LogP contribution in [-0.2, 0) is 16.0 Å². The molecule has 2 aromatic carbocycles. The third-order valence-corrected chi connectivity index (χ3v) is 6.76. The second-order valence-corrected chi connectivity index (χ2v) is 9.37. The molecule has 2 heterocycles. The van der Waals surface area contributed by atoms with Gasteiger partial charge in [0.25, 0.3) is 5.56 Å². The molecule has 2 atom stereocenters. The Labute approximate surface area is 218 Å². The van der Waals surface area contributed by atoms with Crippen molar-refractivity contribution in [2.45, 2.75) is 25.3 Å². The van der Waals surface area contributed by atoms with Gasteiger partial charge in [0, 0.05) is 41.9 Å². The van der Waals surface area contributed by atoms with Crippen molar-refractivity contribution in [3.05, 3.63) is 86.8 Å². The van der Waals surface area contributed by atoms with E-state index in [0.29, 0.717) is 52.7 Å². The number of benzene rings is 2. The van der Waals surface area contributed by atoms with Crippen LogP contribution in [0, 0.1) is 17.2 Å². The molecule has 1 fully saturated rings. The number of halogens is 1. The highest BCUT2D eigenvalue weighted by Gasteiger charge is 2.29. The first-order chi connectivity index (χ1) is 17.8. The molecule has 1 aromatic heterocycles. The SMILES string of the molecule is COc1cn(C(CC2CCOC2)C(=O)Cc2ccc(C(=O)O)cc2)c(=O)cc1-c1cc(Cl)ccc1C#N. The maximum Gasteiger partial charge on any atom is 0.335 e. The van der Waals surface area contributed by atoms with Gasteiger partial charge in [0.1, 0.15) is 5.75 Å². The first-order valence-electron chi connectivity index (χ1n) is 11.7. The number of carbonyl (C=O) groups excluding carboxylic acids is 1. The summed E-state index contributed by atoms with van der Waals surface area (Å²) in [6.07, 6.45) is 2.73. The number of methoxy groups -OCH3 is 1. The molecule has 0 saturated carbocycles. The number of carboxylic acid groups (broad SMARTS) is 1. The van der Waals surface area contributed by atoms with Gasteiger partial charge < -0.3 is 19.1 Å². The van der Waals surface area contributed by atoms with E-state index in [9.17, 15) is 19.6 Å². The van der Waals surface area contributed by atoms with Gasteiger partial charge in [-0.15, -0.1) is 0 Å². The van der Waals surface area contributed by atoms with Crippen molar-refractivity contribution < 1.29 is 24.2 Å². The van der Waals surface area contributed by atoms with Crippen molar-refractivity contribution in [3.63, 3.8) is 0 Å². The molecule has 1 N–H and O–H groups in total. The van der Waals surface area contributed by atoms with Crippen molar-refractivity contribution in [1.29, 1.82) is 5.26 Å². The number of hydrogen-bond donors (Lipinski definition) is 1. The Bertz CT molecular complexity index is 1420. The van der Waals surface area contributed by atoms with Crippen LogP contribution in [0.2, 0.25) is 5.02 Å². The second kappa shape index (κ2) is 11.4. The lowest BCUT2D eigenvalue weighted by Gasteiger charge is -2.23. The van der Waals surface area contributed by atoms with E-state index in [1.807, 2.05) is 0 Å². The molecule has 4 rings (SSSR count). The van der Waals surface area contributed by atoms with Crippen LogP contribution in [-0.4, -0.2) is 41.7 Å². The first-order valence-corrected chi connectivity index (χ1v) is 12.1. The van der Waals surface area contributed by atoms with Crippen molar-refractivity contribution in [1.82, 2.24) is 4.57 Å². The molecule has 2 unspecified atom stereocenters. The van der Waals surface area contributed by atoms with Gasteiger partial charge >= 0.3 is 5.97 Å². The van der Waals surface area contributed by atoms with E-state index in [1.165, 1.54) is 36.1 Å². The van der Waals surface area contributed by atoms with Crippen LogP contribution in [0.15, 0.2) is 59.5 Å². The zero-order valence-corrected chi connectivity index (χ0v) is 20.9. The summed E-state index contributed by atoms with van der Waals surface area (Å²) in [7, 11) is 1.45.